The lowest BCUT2D eigenvalue weighted by Crippen LogP contribution is -2.23. The third kappa shape index (κ3) is 4.16. The number of benzene rings is 2. The maximum atomic E-state index is 12.6. The lowest BCUT2D eigenvalue weighted by Gasteiger charge is -2.27. The van der Waals surface area contributed by atoms with Crippen LogP contribution in [0.3, 0.4) is 0 Å². The minimum absolute atomic E-state index is 0.0567. The zero-order chi connectivity index (χ0) is 21.1. The summed E-state index contributed by atoms with van der Waals surface area (Å²) in [5.41, 5.74) is 3.36. The van der Waals surface area contributed by atoms with Crippen molar-refractivity contribution in [2.45, 2.75) is 43.5 Å². The van der Waals surface area contributed by atoms with Gasteiger partial charge in [-0.3, -0.25) is 4.79 Å². The van der Waals surface area contributed by atoms with Crippen molar-refractivity contribution in [3.05, 3.63) is 77.5 Å². The number of carbonyl (C=O) groups excluding carboxylic acids is 1. The van der Waals surface area contributed by atoms with E-state index in [0.717, 1.165) is 24.8 Å². The lowest BCUT2D eigenvalue weighted by molar-refractivity contribution is -0.115. The molecule has 156 valence electrons. The third-order valence-electron chi connectivity index (χ3n) is 5.60. The molecule has 1 aliphatic rings. The summed E-state index contributed by atoms with van der Waals surface area (Å²) in [6.45, 7) is 1.62. The fraction of sp³-hybridized carbons (Fsp3) is 0.304. The van der Waals surface area contributed by atoms with Crippen LogP contribution in [0.5, 0.6) is 0 Å². The Morgan fingerprint density at radius 3 is 2.67 bits per heavy atom. The molecule has 1 heterocycles. The second kappa shape index (κ2) is 8.44. The van der Waals surface area contributed by atoms with Crippen molar-refractivity contribution in [1.82, 2.24) is 9.78 Å². The highest BCUT2D eigenvalue weighted by Gasteiger charge is 2.24. The molecule has 1 unspecified atom stereocenters. The first-order chi connectivity index (χ1) is 14.5. The third-order valence-corrected chi connectivity index (χ3v) is 7.35. The maximum Gasteiger partial charge on any atom is 0.229 e. The molecule has 30 heavy (non-hydrogen) atoms. The van der Waals surface area contributed by atoms with Crippen LogP contribution >= 0.6 is 0 Å². The molecule has 7 heteroatoms. The first-order valence-corrected chi connectivity index (χ1v) is 11.9. The summed E-state index contributed by atoms with van der Waals surface area (Å²) >= 11 is 0. The van der Waals surface area contributed by atoms with E-state index in [1.165, 1.54) is 11.1 Å². The van der Waals surface area contributed by atoms with Gasteiger partial charge < -0.3 is 5.32 Å². The van der Waals surface area contributed by atoms with E-state index in [1.54, 1.807) is 37.4 Å². The Labute approximate surface area is 176 Å². The van der Waals surface area contributed by atoms with Gasteiger partial charge in [-0.05, 0) is 48.1 Å². The molecule has 6 nitrogen and oxygen atoms in total. The van der Waals surface area contributed by atoms with E-state index in [-0.39, 0.29) is 29.0 Å². The molecule has 0 aliphatic heterocycles. The summed E-state index contributed by atoms with van der Waals surface area (Å²) < 4.78 is 25.8. The molecule has 1 aromatic heterocycles. The van der Waals surface area contributed by atoms with Gasteiger partial charge in [0.05, 0.1) is 29.3 Å². The van der Waals surface area contributed by atoms with E-state index >= 15 is 0 Å². The number of anilines is 1. The Hall–Kier alpha value is -2.93. The molecule has 0 bridgehead atoms. The molecule has 1 aliphatic carbocycles. The van der Waals surface area contributed by atoms with Crippen LogP contribution in [0.2, 0.25) is 0 Å². The minimum atomic E-state index is -3.24. The first kappa shape index (κ1) is 20.3. The van der Waals surface area contributed by atoms with Crippen LogP contribution in [0.25, 0.3) is 0 Å². The van der Waals surface area contributed by atoms with Gasteiger partial charge in [-0.15, -0.1) is 0 Å². The molecule has 1 N–H and O–H groups in total. The van der Waals surface area contributed by atoms with E-state index in [9.17, 15) is 13.2 Å². The number of aromatic nitrogens is 2. The second-order valence-electron chi connectivity index (χ2n) is 7.54. The Balaban J connectivity index is 1.48. The zero-order valence-electron chi connectivity index (χ0n) is 16.9. The molecule has 0 fully saturated rings. The van der Waals surface area contributed by atoms with Crippen molar-refractivity contribution >= 4 is 21.6 Å². The lowest BCUT2D eigenvalue weighted by atomic mass is 9.88. The van der Waals surface area contributed by atoms with Gasteiger partial charge in [0.25, 0.3) is 0 Å². The van der Waals surface area contributed by atoms with Crippen LogP contribution in [0.15, 0.2) is 65.7 Å². The predicted molar refractivity (Wildman–Crippen MR) is 116 cm³/mol. The fourth-order valence-electron chi connectivity index (χ4n) is 4.00. The van der Waals surface area contributed by atoms with Crippen LogP contribution in [0.4, 0.5) is 5.82 Å². The molecule has 3 aromatic rings. The number of hydrogen-bond acceptors (Lipinski definition) is 4. The van der Waals surface area contributed by atoms with Gasteiger partial charge >= 0.3 is 0 Å². The number of rotatable bonds is 6. The summed E-state index contributed by atoms with van der Waals surface area (Å²) in [7, 11) is -3.24. The first-order valence-electron chi connectivity index (χ1n) is 10.2. The molecule has 1 atom stereocenters. The van der Waals surface area contributed by atoms with E-state index in [0.29, 0.717) is 5.82 Å². The number of nitrogens with zero attached hydrogens (tertiary/aromatic N) is 2. The van der Waals surface area contributed by atoms with Gasteiger partial charge in [0.15, 0.2) is 9.84 Å². The van der Waals surface area contributed by atoms with Crippen molar-refractivity contribution in [1.29, 1.82) is 0 Å². The Morgan fingerprint density at radius 2 is 1.90 bits per heavy atom. The number of aryl methyl sites for hydroxylation is 1. The summed E-state index contributed by atoms with van der Waals surface area (Å²) in [5.74, 6) is 0.569. The average Bonchev–Trinajstić information content (AvgIpc) is 3.21. The normalized spacial score (nSPS) is 16.1. The molecule has 2 aromatic carbocycles. The van der Waals surface area contributed by atoms with Crippen LogP contribution in [0.1, 0.15) is 42.5 Å². The number of nitrogens with one attached hydrogen (secondary N) is 1. The summed E-state index contributed by atoms with van der Waals surface area (Å²) in [5, 5.41) is 7.45. The number of carbonyl (C=O) groups is 1. The van der Waals surface area contributed by atoms with Crippen molar-refractivity contribution in [3.63, 3.8) is 0 Å². The SMILES string of the molecule is CCS(=O)(=O)c1ccc(CC(=O)Nc2ccnn2C2CCCc3ccccc32)cc1. The van der Waals surface area contributed by atoms with Crippen LogP contribution in [-0.4, -0.2) is 29.9 Å². The highest BCUT2D eigenvalue weighted by atomic mass is 32.2. The number of sulfone groups is 1. The van der Waals surface area contributed by atoms with Crippen molar-refractivity contribution in [3.8, 4) is 0 Å². The van der Waals surface area contributed by atoms with Gasteiger partial charge in [-0.25, -0.2) is 13.1 Å². The van der Waals surface area contributed by atoms with Crippen LogP contribution < -0.4 is 5.32 Å². The minimum Gasteiger partial charge on any atom is -0.311 e. The summed E-state index contributed by atoms with van der Waals surface area (Å²) in [6.07, 6.45) is 5.01. The zero-order valence-corrected chi connectivity index (χ0v) is 17.7. The van der Waals surface area contributed by atoms with Crippen LogP contribution in [0, 0.1) is 0 Å². The number of fused-ring (bicyclic) bond motifs is 1. The molecule has 0 saturated heterocycles. The molecule has 0 saturated carbocycles. The molecule has 0 spiro atoms. The van der Waals surface area contributed by atoms with E-state index in [1.807, 2.05) is 16.8 Å². The molecule has 1 amide bonds. The maximum absolute atomic E-state index is 12.6. The van der Waals surface area contributed by atoms with Crippen molar-refractivity contribution in [2.75, 3.05) is 11.1 Å². The van der Waals surface area contributed by atoms with Gasteiger partial charge in [-0.1, -0.05) is 43.3 Å². The van der Waals surface area contributed by atoms with Gasteiger partial charge in [0.1, 0.15) is 5.82 Å². The Morgan fingerprint density at radius 1 is 1.13 bits per heavy atom. The standard InChI is InChI=1S/C23H25N3O3S/c1-2-30(28,29)19-12-10-17(11-13-19)16-23(27)25-22-14-15-24-26(22)21-9-5-7-18-6-3-4-8-20(18)21/h3-4,6,8,10-15,21H,2,5,7,9,16H2,1H3,(H,25,27). The predicted octanol–water partition coefficient (Wildman–Crippen LogP) is 3.78. The molecule has 4 rings (SSSR count). The molecular weight excluding hydrogens is 398 g/mol. The Kier molecular flexibility index (Phi) is 5.72. The van der Waals surface area contributed by atoms with E-state index in [4.69, 9.17) is 0 Å². The van der Waals surface area contributed by atoms with Crippen molar-refractivity contribution < 1.29 is 13.2 Å². The highest BCUT2D eigenvalue weighted by Crippen LogP contribution is 2.34. The van der Waals surface area contributed by atoms with Gasteiger partial charge in [-0.2, -0.15) is 5.10 Å². The average molecular weight is 424 g/mol. The van der Waals surface area contributed by atoms with E-state index in [2.05, 4.69) is 28.6 Å². The second-order valence-corrected chi connectivity index (χ2v) is 9.82. The Bertz CT molecular complexity index is 1150. The van der Waals surface area contributed by atoms with Crippen LogP contribution in [-0.2, 0) is 27.5 Å². The van der Waals surface area contributed by atoms with E-state index < -0.39 is 9.84 Å². The number of amides is 1. The van der Waals surface area contributed by atoms with Gasteiger partial charge in [0.2, 0.25) is 5.91 Å². The monoisotopic (exact) mass is 423 g/mol. The summed E-state index contributed by atoms with van der Waals surface area (Å²) in [6, 6.07) is 16.8. The van der Waals surface area contributed by atoms with Gasteiger partial charge in [0, 0.05) is 6.07 Å². The molecular formula is C23H25N3O3S. The quantitative estimate of drug-likeness (QED) is 0.654. The number of hydrogen-bond donors (Lipinski definition) is 1. The largest absolute Gasteiger partial charge is 0.311 e. The topological polar surface area (TPSA) is 81.1 Å². The van der Waals surface area contributed by atoms with Crippen molar-refractivity contribution in [2.24, 2.45) is 0 Å². The highest BCUT2D eigenvalue weighted by molar-refractivity contribution is 7.91. The summed E-state index contributed by atoms with van der Waals surface area (Å²) in [4.78, 5) is 12.9. The molecule has 0 radical (unpaired) electrons. The smallest absolute Gasteiger partial charge is 0.229 e. The fourth-order valence-corrected chi connectivity index (χ4v) is 4.88.